The van der Waals surface area contributed by atoms with Gasteiger partial charge < -0.3 is 2.85 Å². The van der Waals surface area contributed by atoms with Crippen molar-refractivity contribution in [3.05, 3.63) is 41.4 Å². The van der Waals surface area contributed by atoms with Crippen molar-refractivity contribution in [1.29, 1.82) is 0 Å². The van der Waals surface area contributed by atoms with Gasteiger partial charge in [-0.1, -0.05) is 0 Å². The fourth-order valence-corrected chi connectivity index (χ4v) is 19.6. The molecule has 0 bridgehead atoms. The summed E-state index contributed by atoms with van der Waals surface area (Å²) in [5.74, 6) is 0. The van der Waals surface area contributed by atoms with Crippen LogP contribution >= 0.6 is 0 Å². The molecule has 0 unspecified atom stereocenters. The number of rotatable bonds is 4. The zero-order valence-corrected chi connectivity index (χ0v) is 18.8. The molecule has 2 aliphatic carbocycles. The van der Waals surface area contributed by atoms with E-state index in [4.69, 9.17) is 0 Å². The standard InChI is InChI=1S/2C8H13Si.Hf.2H/c2*1-9(2,3)8-6-4-5-7-8;;;/h2*4,6H,5H2,1-3H3;;;/q;;+2;2*-1. The van der Waals surface area contributed by atoms with Gasteiger partial charge in [-0.25, -0.2) is 0 Å². The number of allylic oxidation sites excluding steroid dienone is 8. The Labute approximate surface area is 135 Å². The van der Waals surface area contributed by atoms with E-state index < -0.39 is 39.1 Å². The summed E-state index contributed by atoms with van der Waals surface area (Å²) in [6, 6.07) is 0. The molecule has 0 saturated heterocycles. The molecular formula is C16H28HfSi2. The van der Waals surface area contributed by atoms with Crippen LogP contribution in [-0.4, -0.2) is 16.1 Å². The molecule has 0 amide bonds. The largest absolute Gasteiger partial charge is 1.00 e. The molecule has 2 aliphatic rings. The van der Waals surface area contributed by atoms with Crippen LogP contribution in [0.4, 0.5) is 0 Å². The van der Waals surface area contributed by atoms with Crippen LogP contribution in [0.3, 0.4) is 0 Å². The van der Waals surface area contributed by atoms with Crippen molar-refractivity contribution in [2.75, 3.05) is 0 Å². The van der Waals surface area contributed by atoms with Gasteiger partial charge in [-0.15, -0.1) is 0 Å². The third-order valence-electron chi connectivity index (χ3n) is 3.78. The second-order valence-corrected chi connectivity index (χ2v) is 22.9. The average Bonchev–Trinajstić information content (AvgIpc) is 2.83. The van der Waals surface area contributed by atoms with Gasteiger partial charge in [0.15, 0.2) is 0 Å². The SMILES string of the molecule is C[Si](C)(C)C1=[C]([Hf+2][C]2=C([Si](C)(C)C)C=CC2)CC=C1.[H-].[H-]. The minimum atomic E-state index is -1.12. The molecule has 0 radical (unpaired) electrons. The van der Waals surface area contributed by atoms with E-state index in [-0.39, 0.29) is 2.85 Å². The third kappa shape index (κ3) is 3.67. The maximum absolute atomic E-state index is 2.50. The Balaban J connectivity index is 0.00000200. The van der Waals surface area contributed by atoms with Crippen LogP contribution in [0, 0.1) is 0 Å². The van der Waals surface area contributed by atoms with E-state index in [1.807, 2.05) is 6.66 Å². The van der Waals surface area contributed by atoms with Crippen LogP contribution in [0.15, 0.2) is 41.4 Å². The van der Waals surface area contributed by atoms with Crippen LogP contribution in [0.2, 0.25) is 39.3 Å². The molecule has 0 spiro atoms. The van der Waals surface area contributed by atoms with Crippen molar-refractivity contribution in [2.24, 2.45) is 0 Å². The Morgan fingerprint density at radius 1 is 0.789 bits per heavy atom. The van der Waals surface area contributed by atoms with E-state index in [1.54, 1.807) is 10.4 Å². The van der Waals surface area contributed by atoms with Crippen molar-refractivity contribution in [2.45, 2.75) is 52.1 Å². The van der Waals surface area contributed by atoms with Crippen LogP contribution in [0.5, 0.6) is 0 Å². The quantitative estimate of drug-likeness (QED) is 0.493. The Hall–Kier alpha value is 0.264. The molecule has 0 aromatic heterocycles. The van der Waals surface area contributed by atoms with E-state index in [0.717, 1.165) is 0 Å². The topological polar surface area (TPSA) is 0 Å². The summed E-state index contributed by atoms with van der Waals surface area (Å²) in [6.07, 6.45) is 12.3. The zero-order chi connectivity index (χ0) is 14.3. The summed E-state index contributed by atoms with van der Waals surface area (Å²) in [7, 11) is -2.23. The Bertz CT molecular complexity index is 457. The fourth-order valence-electron chi connectivity index (χ4n) is 2.83. The Morgan fingerprint density at radius 2 is 1.16 bits per heavy atom. The van der Waals surface area contributed by atoms with Gasteiger partial charge in [0.2, 0.25) is 0 Å². The van der Waals surface area contributed by atoms with Crippen molar-refractivity contribution in [3.8, 4) is 0 Å². The summed E-state index contributed by atoms with van der Waals surface area (Å²) in [4.78, 5) is 0. The van der Waals surface area contributed by atoms with Gasteiger partial charge in [-0.3, -0.25) is 0 Å². The van der Waals surface area contributed by atoms with Gasteiger partial charge in [-0.05, 0) is 0 Å². The van der Waals surface area contributed by atoms with Crippen molar-refractivity contribution >= 4 is 16.1 Å². The molecule has 0 aromatic carbocycles. The Morgan fingerprint density at radius 3 is 1.47 bits per heavy atom. The first kappa shape index (κ1) is 15.6. The van der Waals surface area contributed by atoms with Gasteiger partial charge in [0.1, 0.15) is 0 Å². The number of hydrogen-bond donors (Lipinski definition) is 0. The molecule has 19 heavy (non-hydrogen) atoms. The first-order valence-electron chi connectivity index (χ1n) is 7.27. The van der Waals surface area contributed by atoms with Gasteiger partial charge in [0.05, 0.1) is 0 Å². The van der Waals surface area contributed by atoms with E-state index >= 15 is 0 Å². The summed E-state index contributed by atoms with van der Waals surface area (Å²) >= 11 is -0.755. The predicted molar refractivity (Wildman–Crippen MR) is 90.5 cm³/mol. The summed E-state index contributed by atoms with van der Waals surface area (Å²) < 4.78 is 3.82. The van der Waals surface area contributed by atoms with Crippen molar-refractivity contribution in [1.82, 2.24) is 0 Å². The minimum absolute atomic E-state index is 0. The van der Waals surface area contributed by atoms with Crippen LogP contribution in [-0.2, 0) is 22.9 Å². The number of hydrogen-bond acceptors (Lipinski definition) is 0. The first-order chi connectivity index (χ1) is 8.69. The second-order valence-electron chi connectivity index (χ2n) is 7.62. The summed E-state index contributed by atoms with van der Waals surface area (Å²) in [5, 5.41) is 3.59. The van der Waals surface area contributed by atoms with Crippen LogP contribution < -0.4 is 0 Å². The molecule has 0 heterocycles. The first-order valence-corrected chi connectivity index (χ1v) is 17.9. The van der Waals surface area contributed by atoms with E-state index in [9.17, 15) is 0 Å². The molecule has 0 nitrogen and oxygen atoms in total. The predicted octanol–water partition coefficient (Wildman–Crippen LogP) is 5.48. The molecule has 0 saturated carbocycles. The zero-order valence-electron chi connectivity index (χ0n) is 15.2. The second kappa shape index (κ2) is 5.57. The van der Waals surface area contributed by atoms with Gasteiger partial charge >= 0.3 is 133 Å². The van der Waals surface area contributed by atoms with E-state index in [0.29, 0.717) is 0 Å². The van der Waals surface area contributed by atoms with Crippen molar-refractivity contribution < 1.29 is 25.8 Å². The molecule has 0 fully saturated rings. The summed E-state index contributed by atoms with van der Waals surface area (Å²) in [6.45, 7) is 15.0. The van der Waals surface area contributed by atoms with E-state index in [1.165, 1.54) is 12.8 Å². The van der Waals surface area contributed by atoms with E-state index in [2.05, 4.69) is 63.6 Å². The Kier molecular flexibility index (Phi) is 4.59. The third-order valence-corrected chi connectivity index (χ3v) is 15.3. The minimum Gasteiger partial charge on any atom is -1.00 e. The molecule has 0 aromatic rings. The molecule has 3 heteroatoms. The fraction of sp³-hybridized carbons (Fsp3) is 0.500. The van der Waals surface area contributed by atoms with Crippen LogP contribution in [0.25, 0.3) is 0 Å². The van der Waals surface area contributed by atoms with Crippen LogP contribution in [0.1, 0.15) is 15.7 Å². The van der Waals surface area contributed by atoms with Crippen molar-refractivity contribution in [3.63, 3.8) is 0 Å². The molecule has 2 rings (SSSR count). The van der Waals surface area contributed by atoms with Gasteiger partial charge in [-0.2, -0.15) is 0 Å². The molecule has 0 atom stereocenters. The monoisotopic (exact) mass is 456 g/mol. The normalized spacial score (nSPS) is 19.7. The van der Waals surface area contributed by atoms with Gasteiger partial charge in [0.25, 0.3) is 0 Å². The molecular weight excluding hydrogens is 427 g/mol. The maximum Gasteiger partial charge on any atom is -1.00 e. The maximum atomic E-state index is 2.50. The molecule has 104 valence electrons. The average molecular weight is 455 g/mol. The van der Waals surface area contributed by atoms with Gasteiger partial charge in [0, 0.05) is 0 Å². The summed E-state index contributed by atoms with van der Waals surface area (Å²) in [5.41, 5.74) is 0. The molecule has 0 N–H and O–H groups in total. The smallest absolute Gasteiger partial charge is 1.00 e. The molecule has 0 aliphatic heterocycles.